The standard InChI is InChI=1S/C36H58O10/c1-18(2)19(3)32(4)12-13-34(6)20-8-9-24-33(5)16-44-17-36(24,21(20)10-11-35(34,7)28(32)30(42)43)14-22(38)29(33)46-31-27(41)26(40)25(39)23(15-37)45-31/h10,18-20,22-29,31,37-41H,8-9,11-17H2,1-7H3,(H,42,43)/t19-,20+,22-,23-,24+,25-,26+,27-,28-,29+,31+,32-,33+,34-,35+,36+/m1/s1. The maximum Gasteiger partial charge on any atom is 0.307 e. The lowest BCUT2D eigenvalue weighted by atomic mass is 9.34. The molecular weight excluding hydrogens is 592 g/mol. The Morgan fingerprint density at radius 2 is 1.67 bits per heavy atom. The van der Waals surface area contributed by atoms with E-state index >= 15 is 0 Å². The van der Waals surface area contributed by atoms with Crippen LogP contribution in [0.15, 0.2) is 11.6 Å². The summed E-state index contributed by atoms with van der Waals surface area (Å²) in [5.74, 6) is -0.261. The van der Waals surface area contributed by atoms with Gasteiger partial charge in [0.25, 0.3) is 0 Å². The fourth-order valence-corrected chi connectivity index (χ4v) is 12.2. The fourth-order valence-electron chi connectivity index (χ4n) is 12.2. The third kappa shape index (κ3) is 4.53. The normalized spacial score (nSPS) is 54.2. The number of aliphatic hydroxyl groups is 5. The maximum absolute atomic E-state index is 13.3. The third-order valence-corrected chi connectivity index (χ3v) is 15.2. The van der Waals surface area contributed by atoms with E-state index in [0.717, 1.165) is 25.7 Å². The zero-order valence-corrected chi connectivity index (χ0v) is 28.7. The number of rotatable bonds is 6. The summed E-state index contributed by atoms with van der Waals surface area (Å²) >= 11 is 0. The van der Waals surface area contributed by atoms with Crippen LogP contribution < -0.4 is 0 Å². The topological polar surface area (TPSA) is 166 Å². The maximum atomic E-state index is 13.3. The minimum atomic E-state index is -1.57. The highest BCUT2D eigenvalue weighted by atomic mass is 16.7. The molecule has 0 amide bonds. The summed E-state index contributed by atoms with van der Waals surface area (Å²) in [5.41, 5.74) is -0.767. The van der Waals surface area contributed by atoms with E-state index in [0.29, 0.717) is 32.0 Å². The quantitative estimate of drug-likeness (QED) is 0.186. The Morgan fingerprint density at radius 1 is 0.978 bits per heavy atom. The van der Waals surface area contributed by atoms with Gasteiger partial charge in [0, 0.05) is 10.8 Å². The number of allylic oxidation sites excluding steroid dienone is 1. The highest BCUT2D eigenvalue weighted by Crippen LogP contribution is 2.75. The van der Waals surface area contributed by atoms with Crippen molar-refractivity contribution in [3.05, 3.63) is 11.6 Å². The van der Waals surface area contributed by atoms with Gasteiger partial charge in [0.05, 0.1) is 37.9 Å². The van der Waals surface area contributed by atoms with Crippen LogP contribution in [0.5, 0.6) is 0 Å². The summed E-state index contributed by atoms with van der Waals surface area (Å²) in [6.45, 7) is 15.7. The van der Waals surface area contributed by atoms with Gasteiger partial charge in [-0.25, -0.2) is 0 Å². The van der Waals surface area contributed by atoms with Gasteiger partial charge in [0.1, 0.15) is 24.4 Å². The van der Waals surface area contributed by atoms with Crippen molar-refractivity contribution < 1.29 is 49.6 Å². The number of ether oxygens (including phenoxy) is 3. The number of carboxylic acid groups (broad SMARTS) is 1. The fraction of sp³-hybridized carbons (Fsp3) is 0.917. The molecule has 2 aliphatic heterocycles. The minimum absolute atomic E-state index is 0.104. The molecule has 4 aliphatic carbocycles. The van der Waals surface area contributed by atoms with Crippen molar-refractivity contribution in [3.63, 3.8) is 0 Å². The SMILES string of the molecule is CC(C)[C@@H](C)[C@@]1(C)CC[C@]2(C)[C@H]3CC[C@@H]4[C@@]5(COC[C@]4(C)[C@@H](O[C@@H]4O[C@H](CO)[C@@H](O)[C@H](O)[C@H]4O)[C@H](O)C5)C3=CC[C@@]2(C)[C@@H]1C(=O)O. The van der Waals surface area contributed by atoms with E-state index in [2.05, 4.69) is 54.5 Å². The lowest BCUT2D eigenvalue weighted by Crippen LogP contribution is -2.71. The molecule has 0 spiro atoms. The predicted octanol–water partition coefficient (Wildman–Crippen LogP) is 3.12. The van der Waals surface area contributed by atoms with Crippen molar-refractivity contribution in [2.75, 3.05) is 19.8 Å². The van der Waals surface area contributed by atoms with E-state index in [4.69, 9.17) is 14.2 Å². The second kappa shape index (κ2) is 11.5. The summed E-state index contributed by atoms with van der Waals surface area (Å²) in [4.78, 5) is 13.3. The van der Waals surface area contributed by atoms with Gasteiger partial charge >= 0.3 is 5.97 Å². The molecule has 6 N–H and O–H groups in total. The Kier molecular flexibility index (Phi) is 8.66. The molecule has 2 saturated heterocycles. The molecule has 0 radical (unpaired) electrons. The van der Waals surface area contributed by atoms with E-state index in [-0.39, 0.29) is 28.6 Å². The first kappa shape index (κ1) is 34.7. The number of carboxylic acids is 1. The summed E-state index contributed by atoms with van der Waals surface area (Å²) < 4.78 is 18.4. The number of aliphatic carboxylic acids is 1. The molecule has 0 aromatic rings. The molecule has 3 saturated carbocycles. The summed E-state index contributed by atoms with van der Waals surface area (Å²) in [6, 6.07) is 0. The lowest BCUT2D eigenvalue weighted by molar-refractivity contribution is -0.349. The molecular formula is C36H58O10. The Hall–Kier alpha value is -1.11. The highest BCUT2D eigenvalue weighted by Gasteiger charge is 2.72. The summed E-state index contributed by atoms with van der Waals surface area (Å²) in [6.07, 6.45) is -1.79. The van der Waals surface area contributed by atoms with Crippen LogP contribution in [0.2, 0.25) is 0 Å². The van der Waals surface area contributed by atoms with Gasteiger partial charge in [-0.2, -0.15) is 0 Å². The van der Waals surface area contributed by atoms with Crippen LogP contribution in [0.25, 0.3) is 0 Å². The Labute approximate surface area is 273 Å². The van der Waals surface area contributed by atoms with E-state index < -0.39 is 77.7 Å². The monoisotopic (exact) mass is 650 g/mol. The first-order valence-electron chi connectivity index (χ1n) is 17.6. The van der Waals surface area contributed by atoms with Crippen LogP contribution in [0.4, 0.5) is 0 Å². The first-order chi connectivity index (χ1) is 21.4. The second-order valence-electron chi connectivity index (χ2n) is 17.4. The van der Waals surface area contributed by atoms with Crippen molar-refractivity contribution in [1.82, 2.24) is 0 Å². The van der Waals surface area contributed by atoms with Crippen molar-refractivity contribution in [3.8, 4) is 0 Å². The highest BCUT2D eigenvalue weighted by molar-refractivity contribution is 5.73. The van der Waals surface area contributed by atoms with Crippen molar-refractivity contribution in [2.45, 2.75) is 130 Å². The van der Waals surface area contributed by atoms with Gasteiger partial charge in [-0.15, -0.1) is 0 Å². The predicted molar refractivity (Wildman–Crippen MR) is 168 cm³/mol. The average molecular weight is 651 g/mol. The van der Waals surface area contributed by atoms with Crippen LogP contribution in [0, 0.1) is 56.7 Å². The molecule has 2 heterocycles. The first-order valence-corrected chi connectivity index (χ1v) is 17.6. The van der Waals surface area contributed by atoms with Crippen molar-refractivity contribution >= 4 is 5.97 Å². The number of hydrogen-bond donors (Lipinski definition) is 6. The molecule has 46 heavy (non-hydrogen) atoms. The molecule has 6 rings (SSSR count). The van der Waals surface area contributed by atoms with Crippen LogP contribution in [0.3, 0.4) is 0 Å². The van der Waals surface area contributed by atoms with E-state index in [1.165, 1.54) is 5.57 Å². The van der Waals surface area contributed by atoms with Gasteiger partial charge in [0.15, 0.2) is 6.29 Å². The van der Waals surface area contributed by atoms with Gasteiger partial charge in [0.2, 0.25) is 0 Å². The van der Waals surface area contributed by atoms with Crippen molar-refractivity contribution in [2.24, 2.45) is 56.7 Å². The molecule has 10 nitrogen and oxygen atoms in total. The second-order valence-corrected chi connectivity index (χ2v) is 17.4. The smallest absolute Gasteiger partial charge is 0.307 e. The molecule has 6 aliphatic rings. The Morgan fingerprint density at radius 3 is 2.30 bits per heavy atom. The van der Waals surface area contributed by atoms with Crippen LogP contribution >= 0.6 is 0 Å². The molecule has 0 aromatic heterocycles. The molecule has 0 unspecified atom stereocenters. The van der Waals surface area contributed by atoms with Gasteiger partial charge in [-0.05, 0) is 78.4 Å². The number of hydrogen-bond acceptors (Lipinski definition) is 9. The van der Waals surface area contributed by atoms with Crippen LogP contribution in [0.1, 0.15) is 87.0 Å². The van der Waals surface area contributed by atoms with Crippen LogP contribution in [-0.4, -0.2) is 99.3 Å². The molecule has 16 atom stereocenters. The largest absolute Gasteiger partial charge is 0.481 e. The summed E-state index contributed by atoms with van der Waals surface area (Å²) in [7, 11) is 0. The average Bonchev–Trinajstić information content (AvgIpc) is 2.99. The minimum Gasteiger partial charge on any atom is -0.481 e. The van der Waals surface area contributed by atoms with Gasteiger partial charge in [-0.3, -0.25) is 4.79 Å². The zero-order valence-electron chi connectivity index (χ0n) is 28.7. The molecule has 10 heteroatoms. The van der Waals surface area contributed by atoms with Crippen molar-refractivity contribution in [1.29, 1.82) is 0 Å². The van der Waals surface area contributed by atoms with E-state index in [1.54, 1.807) is 0 Å². The lowest BCUT2D eigenvalue weighted by Gasteiger charge is -2.71. The molecule has 262 valence electrons. The molecule has 2 bridgehead atoms. The Bertz CT molecular complexity index is 1220. The number of aliphatic hydroxyl groups excluding tert-OH is 5. The van der Waals surface area contributed by atoms with Gasteiger partial charge < -0.3 is 44.8 Å². The number of carbonyl (C=O) groups is 1. The Balaban J connectivity index is 1.35. The van der Waals surface area contributed by atoms with E-state index in [1.807, 2.05) is 0 Å². The molecule has 0 aromatic carbocycles. The summed E-state index contributed by atoms with van der Waals surface area (Å²) in [5, 5.41) is 63.9. The van der Waals surface area contributed by atoms with Gasteiger partial charge in [-0.1, -0.05) is 60.1 Å². The molecule has 5 fully saturated rings. The third-order valence-electron chi connectivity index (χ3n) is 15.2. The zero-order chi connectivity index (χ0) is 33.8. The number of fused-ring (bicyclic) bond motifs is 3. The van der Waals surface area contributed by atoms with Crippen LogP contribution in [-0.2, 0) is 19.0 Å². The van der Waals surface area contributed by atoms with E-state index in [9.17, 15) is 35.4 Å².